The van der Waals surface area contributed by atoms with Crippen molar-refractivity contribution >= 4 is 0 Å². The number of hydrogen-bond donors (Lipinski definition) is 1. The van der Waals surface area contributed by atoms with Crippen LogP contribution in [0.1, 0.15) is 5.69 Å². The smallest absolute Gasteiger partial charge is 0.0929 e. The fourth-order valence-electron chi connectivity index (χ4n) is 1.11. The van der Waals surface area contributed by atoms with E-state index >= 15 is 0 Å². The quantitative estimate of drug-likeness (QED) is 0.675. The summed E-state index contributed by atoms with van der Waals surface area (Å²) in [5.41, 5.74) is 3.05. The predicted molar refractivity (Wildman–Crippen MR) is 47.6 cm³/mol. The van der Waals surface area contributed by atoms with Gasteiger partial charge in [0.25, 0.3) is 0 Å². The van der Waals surface area contributed by atoms with E-state index in [1.54, 1.807) is 0 Å². The molecule has 2 heteroatoms. The normalized spacial score (nSPS) is 10.1. The third kappa shape index (κ3) is 1.23. The summed E-state index contributed by atoms with van der Waals surface area (Å²) in [5, 5.41) is 7.03. The zero-order chi connectivity index (χ0) is 8.39. The van der Waals surface area contributed by atoms with Gasteiger partial charge < -0.3 is 0 Å². The number of rotatable bonds is 1. The van der Waals surface area contributed by atoms with Crippen molar-refractivity contribution in [2.45, 2.75) is 6.92 Å². The molecule has 2 aromatic rings. The maximum absolute atomic E-state index is 4.13. The summed E-state index contributed by atoms with van der Waals surface area (Å²) >= 11 is 0. The number of nitrogens with one attached hydrogen (secondary N) is 1. The highest BCUT2D eigenvalue weighted by atomic mass is 15.1. The second kappa shape index (κ2) is 2.81. The largest absolute Gasteiger partial charge is 0.282 e. The standard InChI is InChI=1S/C10H9N2/c1-8-7-10(12-11-8)9-5-3-2-4-6-9/h2-5,7H,1H3,(H,11,12). The maximum atomic E-state index is 4.13. The van der Waals surface area contributed by atoms with Crippen LogP contribution >= 0.6 is 0 Å². The summed E-state index contributed by atoms with van der Waals surface area (Å²) in [5.74, 6) is 0. The Morgan fingerprint density at radius 3 is 2.92 bits per heavy atom. The Kier molecular flexibility index (Phi) is 1.67. The van der Waals surface area contributed by atoms with E-state index in [1.807, 2.05) is 37.3 Å². The number of H-pyrrole nitrogens is 1. The molecule has 1 aromatic carbocycles. The van der Waals surface area contributed by atoms with Crippen LogP contribution in [0.4, 0.5) is 0 Å². The van der Waals surface area contributed by atoms with Gasteiger partial charge in [0.15, 0.2) is 0 Å². The van der Waals surface area contributed by atoms with Crippen LogP contribution in [0.25, 0.3) is 11.3 Å². The van der Waals surface area contributed by atoms with Crippen molar-refractivity contribution < 1.29 is 0 Å². The molecule has 0 saturated heterocycles. The number of aromatic nitrogens is 2. The van der Waals surface area contributed by atoms with Gasteiger partial charge >= 0.3 is 0 Å². The van der Waals surface area contributed by atoms with Gasteiger partial charge in [0.2, 0.25) is 0 Å². The zero-order valence-corrected chi connectivity index (χ0v) is 6.83. The van der Waals surface area contributed by atoms with Gasteiger partial charge in [0.1, 0.15) is 0 Å². The van der Waals surface area contributed by atoms with E-state index in [2.05, 4.69) is 16.3 Å². The van der Waals surface area contributed by atoms with Gasteiger partial charge in [-0.3, -0.25) is 5.10 Å². The van der Waals surface area contributed by atoms with Crippen molar-refractivity contribution in [1.29, 1.82) is 0 Å². The number of aromatic amines is 1. The Morgan fingerprint density at radius 1 is 1.42 bits per heavy atom. The molecule has 1 N–H and O–H groups in total. The van der Waals surface area contributed by atoms with E-state index in [0.717, 1.165) is 17.0 Å². The Balaban J connectivity index is 2.45. The SMILES string of the molecule is Cc1cc(-c2[c]cccc2)n[nH]1. The molecule has 0 atom stereocenters. The fourth-order valence-corrected chi connectivity index (χ4v) is 1.11. The summed E-state index contributed by atoms with van der Waals surface area (Å²) in [6, 6.07) is 12.9. The molecule has 2 nitrogen and oxygen atoms in total. The van der Waals surface area contributed by atoms with Gasteiger partial charge in [-0.05, 0) is 19.1 Å². The van der Waals surface area contributed by atoms with Crippen LogP contribution in [-0.4, -0.2) is 10.2 Å². The highest BCUT2D eigenvalue weighted by molar-refractivity contribution is 5.57. The third-order valence-electron chi connectivity index (χ3n) is 1.69. The average molecular weight is 157 g/mol. The van der Waals surface area contributed by atoms with Crippen LogP contribution < -0.4 is 0 Å². The van der Waals surface area contributed by atoms with Gasteiger partial charge in [-0.15, -0.1) is 0 Å². The van der Waals surface area contributed by atoms with E-state index in [0.29, 0.717) is 0 Å². The molecule has 0 bridgehead atoms. The summed E-state index contributed by atoms with van der Waals surface area (Å²) < 4.78 is 0. The molecule has 1 aromatic heterocycles. The van der Waals surface area contributed by atoms with E-state index in [4.69, 9.17) is 0 Å². The van der Waals surface area contributed by atoms with Gasteiger partial charge in [-0.25, -0.2) is 0 Å². The molecule has 1 radical (unpaired) electrons. The van der Waals surface area contributed by atoms with E-state index in [1.165, 1.54) is 0 Å². The minimum Gasteiger partial charge on any atom is -0.282 e. The molecule has 59 valence electrons. The topological polar surface area (TPSA) is 28.7 Å². The molecule has 0 fully saturated rings. The highest BCUT2D eigenvalue weighted by Gasteiger charge is 1.99. The van der Waals surface area contributed by atoms with Crippen LogP contribution in [0, 0.1) is 13.0 Å². The van der Waals surface area contributed by atoms with E-state index < -0.39 is 0 Å². The maximum Gasteiger partial charge on any atom is 0.0929 e. The van der Waals surface area contributed by atoms with Gasteiger partial charge in [-0.2, -0.15) is 5.10 Å². The molecule has 0 unspecified atom stereocenters. The van der Waals surface area contributed by atoms with Crippen molar-refractivity contribution in [3.8, 4) is 11.3 Å². The number of benzene rings is 1. The molecule has 1 heterocycles. The summed E-state index contributed by atoms with van der Waals surface area (Å²) in [6.07, 6.45) is 0. The molecule has 0 amide bonds. The molecule has 0 saturated carbocycles. The molecular weight excluding hydrogens is 148 g/mol. The lowest BCUT2D eigenvalue weighted by molar-refractivity contribution is 1.05. The summed E-state index contributed by atoms with van der Waals surface area (Å²) in [6.45, 7) is 1.99. The lowest BCUT2D eigenvalue weighted by Crippen LogP contribution is -1.75. The fraction of sp³-hybridized carbons (Fsp3) is 0.100. The molecular formula is C10H9N2. The van der Waals surface area contributed by atoms with Crippen LogP contribution in [0.15, 0.2) is 30.3 Å². The minimum atomic E-state index is 0.952. The lowest BCUT2D eigenvalue weighted by atomic mass is 10.1. The third-order valence-corrected chi connectivity index (χ3v) is 1.69. The second-order valence-corrected chi connectivity index (χ2v) is 2.71. The summed E-state index contributed by atoms with van der Waals surface area (Å²) in [7, 11) is 0. The van der Waals surface area contributed by atoms with Gasteiger partial charge in [-0.1, -0.05) is 24.3 Å². The number of hydrogen-bond acceptors (Lipinski definition) is 1. The highest BCUT2D eigenvalue weighted by Crippen LogP contribution is 2.15. The Morgan fingerprint density at radius 2 is 2.33 bits per heavy atom. The monoisotopic (exact) mass is 157 g/mol. The molecule has 0 aliphatic rings. The Hall–Kier alpha value is -1.57. The zero-order valence-electron chi connectivity index (χ0n) is 6.83. The van der Waals surface area contributed by atoms with Crippen molar-refractivity contribution in [3.05, 3.63) is 42.1 Å². The molecule has 2 rings (SSSR count). The van der Waals surface area contributed by atoms with Gasteiger partial charge in [0, 0.05) is 11.3 Å². The van der Waals surface area contributed by atoms with Crippen LogP contribution in [0.5, 0.6) is 0 Å². The summed E-state index contributed by atoms with van der Waals surface area (Å²) in [4.78, 5) is 0. The number of aryl methyl sites for hydroxylation is 1. The van der Waals surface area contributed by atoms with Crippen LogP contribution in [-0.2, 0) is 0 Å². The Labute approximate surface area is 71.3 Å². The first-order valence-corrected chi connectivity index (χ1v) is 3.85. The van der Waals surface area contributed by atoms with Gasteiger partial charge in [0.05, 0.1) is 5.69 Å². The average Bonchev–Trinajstić information content (AvgIpc) is 2.54. The lowest BCUT2D eigenvalue weighted by Gasteiger charge is -1.91. The van der Waals surface area contributed by atoms with Crippen molar-refractivity contribution in [2.75, 3.05) is 0 Å². The van der Waals surface area contributed by atoms with E-state index in [9.17, 15) is 0 Å². The Bertz CT molecular complexity index is 362. The van der Waals surface area contributed by atoms with Crippen LogP contribution in [0.3, 0.4) is 0 Å². The molecule has 0 aliphatic carbocycles. The predicted octanol–water partition coefficient (Wildman–Crippen LogP) is 2.19. The molecule has 0 aliphatic heterocycles. The first-order valence-electron chi connectivity index (χ1n) is 3.85. The van der Waals surface area contributed by atoms with Crippen LogP contribution in [0.2, 0.25) is 0 Å². The first-order chi connectivity index (χ1) is 5.86. The number of nitrogens with zero attached hydrogens (tertiary/aromatic N) is 1. The molecule has 12 heavy (non-hydrogen) atoms. The molecule has 0 spiro atoms. The van der Waals surface area contributed by atoms with Crippen molar-refractivity contribution in [1.82, 2.24) is 10.2 Å². The van der Waals surface area contributed by atoms with Crippen molar-refractivity contribution in [3.63, 3.8) is 0 Å². The second-order valence-electron chi connectivity index (χ2n) is 2.71. The van der Waals surface area contributed by atoms with E-state index in [-0.39, 0.29) is 0 Å². The first kappa shape index (κ1) is 7.10. The minimum absolute atomic E-state index is 0.952. The van der Waals surface area contributed by atoms with Crippen molar-refractivity contribution in [2.24, 2.45) is 0 Å².